The number of hydrogen-bond donors (Lipinski definition) is 2. The van der Waals surface area contributed by atoms with E-state index in [1.807, 2.05) is 60.7 Å². The van der Waals surface area contributed by atoms with E-state index in [0.29, 0.717) is 37.1 Å². The second kappa shape index (κ2) is 6.88. The molecule has 1 amide bonds. The van der Waals surface area contributed by atoms with Crippen molar-refractivity contribution in [2.24, 2.45) is 5.92 Å². The van der Waals surface area contributed by atoms with E-state index in [2.05, 4.69) is 15.5 Å². The fourth-order valence-electron chi connectivity index (χ4n) is 4.44. The molecular weight excluding hydrogens is 366 g/mol. The zero-order valence-corrected chi connectivity index (χ0v) is 15.9. The van der Waals surface area contributed by atoms with Gasteiger partial charge in [-0.25, -0.2) is 4.79 Å². The maximum Gasteiger partial charge on any atom is 0.339 e. The summed E-state index contributed by atoms with van der Waals surface area (Å²) in [7, 11) is 0. The molecule has 0 saturated heterocycles. The lowest BCUT2D eigenvalue weighted by Crippen LogP contribution is -2.36. The van der Waals surface area contributed by atoms with Gasteiger partial charge >= 0.3 is 5.97 Å². The molecule has 6 heteroatoms. The number of carbonyl (C=O) groups is 2. The monoisotopic (exact) mass is 387 g/mol. The van der Waals surface area contributed by atoms with Crippen molar-refractivity contribution in [2.45, 2.75) is 31.3 Å². The minimum Gasteiger partial charge on any atom is -0.451 e. The van der Waals surface area contributed by atoms with E-state index in [0.717, 1.165) is 16.8 Å². The summed E-state index contributed by atoms with van der Waals surface area (Å²) in [6, 6.07) is 19.3. The molecule has 29 heavy (non-hydrogen) atoms. The average molecular weight is 387 g/mol. The number of hydrogen-bond acceptors (Lipinski definition) is 4. The molecule has 2 N–H and O–H groups in total. The fraction of sp³-hybridized carbons (Fsp3) is 0.261. The van der Waals surface area contributed by atoms with Gasteiger partial charge in [0, 0.05) is 17.5 Å². The fourth-order valence-corrected chi connectivity index (χ4v) is 4.44. The molecule has 1 fully saturated rings. The van der Waals surface area contributed by atoms with E-state index < -0.39 is 5.60 Å². The second-order valence-electron chi connectivity index (χ2n) is 7.73. The number of aromatic nitrogens is 2. The summed E-state index contributed by atoms with van der Waals surface area (Å²) in [6.07, 6.45) is 2.65. The number of esters is 1. The minimum absolute atomic E-state index is 0.0384. The molecule has 2 aliphatic rings. The third-order valence-corrected chi connectivity index (χ3v) is 6.00. The normalized spacial score (nSPS) is 22.9. The summed E-state index contributed by atoms with van der Waals surface area (Å²) in [5.41, 5.74) is 2.92. The van der Waals surface area contributed by atoms with E-state index in [1.54, 1.807) is 0 Å². The zero-order valence-electron chi connectivity index (χ0n) is 15.9. The van der Waals surface area contributed by atoms with Crippen LogP contribution in [0.15, 0.2) is 60.7 Å². The number of aromatic amines is 1. The molecule has 5 rings (SSSR count). The molecule has 146 valence electrons. The highest BCUT2D eigenvalue weighted by Gasteiger charge is 2.48. The standard InChI is InChI=1S/C23H21N3O3/c27-21(24-20-14-19(25-26-20)15-6-2-1-3-7-15)16-10-12-23(13-11-16)18-9-5-4-8-17(18)22(28)29-23/h1-9,14,16H,10-13H2,(H2,24,25,26,27). The van der Waals surface area contributed by atoms with Gasteiger partial charge in [-0.15, -0.1) is 0 Å². The van der Waals surface area contributed by atoms with Gasteiger partial charge in [-0.2, -0.15) is 5.10 Å². The van der Waals surface area contributed by atoms with Gasteiger partial charge in [0.15, 0.2) is 5.82 Å². The average Bonchev–Trinajstić information content (AvgIpc) is 3.33. The molecule has 1 aliphatic heterocycles. The molecular formula is C23H21N3O3. The van der Waals surface area contributed by atoms with Crippen molar-refractivity contribution in [1.82, 2.24) is 10.2 Å². The number of benzene rings is 2. The van der Waals surface area contributed by atoms with Gasteiger partial charge in [0.05, 0.1) is 11.3 Å². The van der Waals surface area contributed by atoms with Crippen molar-refractivity contribution in [1.29, 1.82) is 0 Å². The predicted octanol–water partition coefficient (Wildman–Crippen LogP) is 4.27. The SMILES string of the molecule is O=C1OC2(CCC(C(=O)Nc3cc(-c4ccccc4)[nH]n3)CC2)c2ccccc21. The Morgan fingerprint density at radius 1 is 1.07 bits per heavy atom. The van der Waals surface area contributed by atoms with Crippen molar-refractivity contribution < 1.29 is 14.3 Å². The van der Waals surface area contributed by atoms with Gasteiger partial charge in [0.25, 0.3) is 0 Å². The molecule has 0 atom stereocenters. The van der Waals surface area contributed by atoms with Crippen molar-refractivity contribution in [3.05, 3.63) is 71.8 Å². The molecule has 1 aromatic heterocycles. The smallest absolute Gasteiger partial charge is 0.339 e. The number of rotatable bonds is 3. The Hall–Kier alpha value is -3.41. The summed E-state index contributed by atoms with van der Waals surface area (Å²) in [4.78, 5) is 25.0. The lowest BCUT2D eigenvalue weighted by atomic mass is 9.74. The lowest BCUT2D eigenvalue weighted by Gasteiger charge is -2.35. The maximum absolute atomic E-state index is 12.8. The number of amides is 1. The van der Waals surface area contributed by atoms with Crippen LogP contribution in [0.25, 0.3) is 11.3 Å². The molecule has 2 aromatic carbocycles. The highest BCUT2D eigenvalue weighted by atomic mass is 16.6. The molecule has 2 heterocycles. The first-order chi connectivity index (χ1) is 14.1. The molecule has 1 aliphatic carbocycles. The third-order valence-electron chi connectivity index (χ3n) is 6.00. The lowest BCUT2D eigenvalue weighted by molar-refractivity contribution is -0.122. The predicted molar refractivity (Wildman–Crippen MR) is 108 cm³/mol. The van der Waals surface area contributed by atoms with Crippen molar-refractivity contribution in [3.8, 4) is 11.3 Å². The minimum atomic E-state index is -0.572. The Bertz CT molecular complexity index is 1070. The molecule has 1 saturated carbocycles. The van der Waals surface area contributed by atoms with Gasteiger partial charge in [-0.3, -0.25) is 9.89 Å². The summed E-state index contributed by atoms with van der Waals surface area (Å²) >= 11 is 0. The third kappa shape index (κ3) is 3.10. The van der Waals surface area contributed by atoms with E-state index in [9.17, 15) is 9.59 Å². The van der Waals surface area contributed by atoms with E-state index in [4.69, 9.17) is 4.74 Å². The van der Waals surface area contributed by atoms with Crippen molar-refractivity contribution in [3.63, 3.8) is 0 Å². The van der Waals surface area contributed by atoms with Gasteiger partial charge in [-0.1, -0.05) is 48.5 Å². The summed E-state index contributed by atoms with van der Waals surface area (Å²) < 4.78 is 5.77. The Labute approximate surface area is 168 Å². The van der Waals surface area contributed by atoms with Gasteiger partial charge in [0.2, 0.25) is 5.91 Å². The Kier molecular flexibility index (Phi) is 4.19. The van der Waals surface area contributed by atoms with Crippen LogP contribution in [0, 0.1) is 5.92 Å². The molecule has 3 aromatic rings. The molecule has 0 unspecified atom stereocenters. The van der Waals surface area contributed by atoms with E-state index in [1.165, 1.54) is 0 Å². The summed E-state index contributed by atoms with van der Waals surface area (Å²) in [6.45, 7) is 0. The quantitative estimate of drug-likeness (QED) is 0.657. The second-order valence-corrected chi connectivity index (χ2v) is 7.73. The molecule has 0 radical (unpaired) electrons. The zero-order chi connectivity index (χ0) is 19.8. The maximum atomic E-state index is 12.8. The number of anilines is 1. The number of nitrogens with one attached hydrogen (secondary N) is 2. The van der Waals surface area contributed by atoms with Crippen LogP contribution in [0.1, 0.15) is 41.6 Å². The Morgan fingerprint density at radius 2 is 1.79 bits per heavy atom. The van der Waals surface area contributed by atoms with E-state index >= 15 is 0 Å². The Balaban J connectivity index is 1.25. The summed E-state index contributed by atoms with van der Waals surface area (Å²) in [5, 5.41) is 10.1. The number of fused-ring (bicyclic) bond motifs is 2. The van der Waals surface area contributed by atoms with Crippen LogP contribution >= 0.6 is 0 Å². The van der Waals surface area contributed by atoms with Crippen LogP contribution in [-0.4, -0.2) is 22.1 Å². The van der Waals surface area contributed by atoms with Crippen molar-refractivity contribution >= 4 is 17.7 Å². The van der Waals surface area contributed by atoms with Crippen LogP contribution in [-0.2, 0) is 15.1 Å². The number of carbonyl (C=O) groups excluding carboxylic acids is 2. The number of ether oxygens (including phenoxy) is 1. The van der Waals surface area contributed by atoms with Gasteiger partial charge in [-0.05, 0) is 37.3 Å². The van der Waals surface area contributed by atoms with Crippen LogP contribution in [0.3, 0.4) is 0 Å². The van der Waals surface area contributed by atoms with Gasteiger partial charge in [0.1, 0.15) is 5.60 Å². The highest BCUT2D eigenvalue weighted by molar-refractivity contribution is 5.95. The van der Waals surface area contributed by atoms with E-state index in [-0.39, 0.29) is 17.8 Å². The van der Waals surface area contributed by atoms with Crippen LogP contribution in [0.4, 0.5) is 5.82 Å². The highest BCUT2D eigenvalue weighted by Crippen LogP contribution is 2.48. The van der Waals surface area contributed by atoms with Crippen LogP contribution < -0.4 is 5.32 Å². The topological polar surface area (TPSA) is 84.1 Å². The first-order valence-corrected chi connectivity index (χ1v) is 9.89. The largest absolute Gasteiger partial charge is 0.451 e. The van der Waals surface area contributed by atoms with Crippen LogP contribution in [0.2, 0.25) is 0 Å². The molecule has 0 bridgehead atoms. The van der Waals surface area contributed by atoms with Crippen LogP contribution in [0.5, 0.6) is 0 Å². The number of H-pyrrole nitrogens is 1. The first-order valence-electron chi connectivity index (χ1n) is 9.89. The number of nitrogens with zero attached hydrogens (tertiary/aromatic N) is 1. The summed E-state index contributed by atoms with van der Waals surface area (Å²) in [5.74, 6) is 0.104. The molecule has 1 spiro atoms. The van der Waals surface area contributed by atoms with Crippen molar-refractivity contribution in [2.75, 3.05) is 5.32 Å². The molecule has 6 nitrogen and oxygen atoms in total. The first kappa shape index (κ1) is 17.7. The Morgan fingerprint density at radius 3 is 2.59 bits per heavy atom. The van der Waals surface area contributed by atoms with Gasteiger partial charge < -0.3 is 10.1 Å².